The van der Waals surface area contributed by atoms with Crippen molar-refractivity contribution in [3.05, 3.63) is 58.6 Å². The molecule has 6 heteroatoms. The molecule has 0 aromatic heterocycles. The van der Waals surface area contributed by atoms with Crippen molar-refractivity contribution in [3.63, 3.8) is 0 Å². The molecule has 114 valence electrons. The molecular formula is C16H13BrO5. The molecule has 22 heavy (non-hydrogen) atoms. The molecule has 0 bridgehead atoms. The Kier molecular flexibility index (Phi) is 5.16. The first-order chi connectivity index (χ1) is 10.5. The molecular weight excluding hydrogens is 352 g/mol. The largest absolute Gasteiger partial charge is 0.479 e. The molecule has 0 heterocycles. The van der Waals surface area contributed by atoms with E-state index >= 15 is 0 Å². The van der Waals surface area contributed by atoms with Crippen molar-refractivity contribution in [2.45, 2.75) is 13.0 Å². The van der Waals surface area contributed by atoms with Crippen LogP contribution in [0.15, 0.2) is 53.0 Å². The highest BCUT2D eigenvalue weighted by molar-refractivity contribution is 9.10. The third kappa shape index (κ3) is 4.08. The molecule has 1 atom stereocenters. The van der Waals surface area contributed by atoms with Gasteiger partial charge in [0.25, 0.3) is 0 Å². The van der Waals surface area contributed by atoms with Crippen LogP contribution in [0.5, 0.6) is 11.5 Å². The second kappa shape index (κ2) is 7.09. The maximum Gasteiger partial charge on any atom is 0.352 e. The number of para-hydroxylation sites is 1. The number of ether oxygens (including phenoxy) is 2. The predicted molar refractivity (Wildman–Crippen MR) is 83.3 cm³/mol. The number of carbonyl (C=O) groups excluding carboxylic acids is 1. The summed E-state index contributed by atoms with van der Waals surface area (Å²) in [5.41, 5.74) is -0.102. The molecule has 0 radical (unpaired) electrons. The van der Waals surface area contributed by atoms with Crippen molar-refractivity contribution in [2.24, 2.45) is 0 Å². The minimum atomic E-state index is -1.18. The zero-order valence-electron chi connectivity index (χ0n) is 11.7. The maximum atomic E-state index is 12.0. The van der Waals surface area contributed by atoms with Gasteiger partial charge in [0.15, 0.2) is 6.10 Å². The van der Waals surface area contributed by atoms with Gasteiger partial charge in [0, 0.05) is 4.47 Å². The van der Waals surface area contributed by atoms with E-state index in [1.165, 1.54) is 19.1 Å². The van der Waals surface area contributed by atoms with Crippen LogP contribution in [-0.2, 0) is 4.79 Å². The van der Waals surface area contributed by atoms with E-state index in [9.17, 15) is 9.59 Å². The third-order valence-corrected chi connectivity index (χ3v) is 3.26. The average molecular weight is 365 g/mol. The van der Waals surface area contributed by atoms with E-state index in [0.29, 0.717) is 10.2 Å². The van der Waals surface area contributed by atoms with E-state index in [2.05, 4.69) is 15.9 Å². The maximum absolute atomic E-state index is 12.0. The molecule has 5 nitrogen and oxygen atoms in total. The number of esters is 1. The highest BCUT2D eigenvalue weighted by Gasteiger charge is 2.21. The van der Waals surface area contributed by atoms with Gasteiger partial charge >= 0.3 is 11.9 Å². The fraction of sp³-hybridized carbons (Fsp3) is 0.125. The van der Waals surface area contributed by atoms with Crippen LogP contribution in [0.2, 0.25) is 0 Å². The molecule has 0 aliphatic rings. The van der Waals surface area contributed by atoms with E-state index in [0.717, 1.165) is 0 Å². The van der Waals surface area contributed by atoms with Crippen molar-refractivity contribution in [3.8, 4) is 11.5 Å². The molecule has 1 N–H and O–H groups in total. The van der Waals surface area contributed by atoms with Crippen molar-refractivity contribution >= 4 is 27.9 Å². The second-order valence-electron chi connectivity index (χ2n) is 4.44. The van der Waals surface area contributed by atoms with Gasteiger partial charge in [-0.25, -0.2) is 9.59 Å². The fourth-order valence-electron chi connectivity index (χ4n) is 1.70. The van der Waals surface area contributed by atoms with Gasteiger partial charge in [0.2, 0.25) is 0 Å². The lowest BCUT2D eigenvalue weighted by atomic mass is 10.2. The van der Waals surface area contributed by atoms with Crippen LogP contribution in [0.25, 0.3) is 0 Å². The molecule has 0 saturated heterocycles. The number of carboxylic acid groups (broad SMARTS) is 1. The third-order valence-electron chi connectivity index (χ3n) is 2.77. The lowest BCUT2D eigenvalue weighted by Gasteiger charge is -2.14. The summed E-state index contributed by atoms with van der Waals surface area (Å²) in [7, 11) is 0. The quantitative estimate of drug-likeness (QED) is 0.648. The van der Waals surface area contributed by atoms with Gasteiger partial charge in [0.05, 0.1) is 0 Å². The number of hydrogen-bond acceptors (Lipinski definition) is 4. The average Bonchev–Trinajstić information content (AvgIpc) is 2.49. The smallest absolute Gasteiger partial charge is 0.352 e. The molecule has 0 amide bonds. The lowest BCUT2D eigenvalue weighted by Crippen LogP contribution is -2.28. The van der Waals surface area contributed by atoms with Crippen LogP contribution < -0.4 is 9.47 Å². The topological polar surface area (TPSA) is 72.8 Å². The first-order valence-corrected chi connectivity index (χ1v) is 7.23. The molecule has 0 saturated carbocycles. The second-order valence-corrected chi connectivity index (χ2v) is 5.36. The fourth-order valence-corrected chi connectivity index (χ4v) is 2.06. The highest BCUT2D eigenvalue weighted by atomic mass is 79.9. The van der Waals surface area contributed by atoms with Crippen LogP contribution in [0, 0.1) is 0 Å². The van der Waals surface area contributed by atoms with Crippen LogP contribution in [0.3, 0.4) is 0 Å². The van der Waals surface area contributed by atoms with Gasteiger partial charge in [-0.3, -0.25) is 0 Å². The Hall–Kier alpha value is -2.34. The molecule has 0 aliphatic heterocycles. The van der Waals surface area contributed by atoms with Crippen LogP contribution in [-0.4, -0.2) is 23.1 Å². The minimum Gasteiger partial charge on any atom is -0.479 e. The van der Waals surface area contributed by atoms with Gasteiger partial charge in [-0.2, -0.15) is 0 Å². The van der Waals surface area contributed by atoms with Gasteiger partial charge in [-0.05, 0) is 37.3 Å². The van der Waals surface area contributed by atoms with Crippen molar-refractivity contribution in [2.75, 3.05) is 0 Å². The van der Waals surface area contributed by atoms with Gasteiger partial charge < -0.3 is 14.6 Å². The molecule has 2 rings (SSSR count). The Balaban J connectivity index is 2.10. The number of halogens is 1. The number of carbonyl (C=O) groups is 2. The summed E-state index contributed by atoms with van der Waals surface area (Å²) < 4.78 is 11.2. The van der Waals surface area contributed by atoms with Crippen LogP contribution in [0.1, 0.15) is 17.3 Å². The zero-order valence-corrected chi connectivity index (χ0v) is 13.2. The van der Waals surface area contributed by atoms with Crippen molar-refractivity contribution < 1.29 is 24.2 Å². The normalized spacial score (nSPS) is 11.5. The standard InChI is InChI=1S/C16H13BrO5/c1-10(21-12-5-3-2-4-6-12)16(20)22-14-8-7-11(17)9-13(14)15(18)19/h2-10H,1H3,(H,18,19). The SMILES string of the molecule is CC(Oc1ccccc1)C(=O)Oc1ccc(Br)cc1C(=O)O. The van der Waals surface area contributed by atoms with E-state index < -0.39 is 18.0 Å². The van der Waals surface area contributed by atoms with E-state index in [4.69, 9.17) is 14.6 Å². The summed E-state index contributed by atoms with van der Waals surface area (Å²) in [5, 5.41) is 9.13. The van der Waals surface area contributed by atoms with Crippen LogP contribution in [0.4, 0.5) is 0 Å². The van der Waals surface area contributed by atoms with E-state index in [1.807, 2.05) is 6.07 Å². The van der Waals surface area contributed by atoms with E-state index in [1.54, 1.807) is 30.3 Å². The van der Waals surface area contributed by atoms with Crippen molar-refractivity contribution in [1.82, 2.24) is 0 Å². The number of aromatic carboxylic acids is 1. The number of rotatable bonds is 5. The number of benzene rings is 2. The van der Waals surface area contributed by atoms with Crippen LogP contribution >= 0.6 is 15.9 Å². The monoisotopic (exact) mass is 364 g/mol. The van der Waals surface area contributed by atoms with Gasteiger partial charge in [0.1, 0.15) is 17.1 Å². The van der Waals surface area contributed by atoms with E-state index in [-0.39, 0.29) is 11.3 Å². The Bertz CT molecular complexity index is 684. The zero-order chi connectivity index (χ0) is 16.1. The highest BCUT2D eigenvalue weighted by Crippen LogP contribution is 2.24. The Labute approximate surface area is 135 Å². The number of carboxylic acids is 1. The molecule has 1 unspecified atom stereocenters. The predicted octanol–water partition coefficient (Wildman–Crippen LogP) is 3.52. The molecule has 0 aliphatic carbocycles. The summed E-state index contributed by atoms with van der Waals surface area (Å²) in [5.74, 6) is -1.35. The summed E-state index contributed by atoms with van der Waals surface area (Å²) in [4.78, 5) is 23.2. The number of hydrogen-bond donors (Lipinski definition) is 1. The molecule has 2 aromatic rings. The summed E-state index contributed by atoms with van der Waals surface area (Å²) >= 11 is 3.18. The molecule has 2 aromatic carbocycles. The molecule has 0 fully saturated rings. The lowest BCUT2D eigenvalue weighted by molar-refractivity contribution is -0.141. The van der Waals surface area contributed by atoms with Gasteiger partial charge in [-0.15, -0.1) is 0 Å². The Morgan fingerprint density at radius 2 is 1.82 bits per heavy atom. The summed E-state index contributed by atoms with van der Waals surface area (Å²) in [6.45, 7) is 1.54. The molecule has 0 spiro atoms. The first kappa shape index (κ1) is 16.0. The Morgan fingerprint density at radius 3 is 2.45 bits per heavy atom. The first-order valence-electron chi connectivity index (χ1n) is 6.43. The summed E-state index contributed by atoms with van der Waals surface area (Å²) in [6, 6.07) is 13.2. The van der Waals surface area contributed by atoms with Crippen molar-refractivity contribution in [1.29, 1.82) is 0 Å². The Morgan fingerprint density at radius 1 is 1.14 bits per heavy atom. The minimum absolute atomic E-state index is 0.0239. The van der Waals surface area contributed by atoms with Gasteiger partial charge in [-0.1, -0.05) is 34.1 Å². The summed E-state index contributed by atoms with van der Waals surface area (Å²) in [6.07, 6.45) is -0.868.